The summed E-state index contributed by atoms with van der Waals surface area (Å²) in [5, 5.41) is 4.68. The van der Waals surface area contributed by atoms with E-state index < -0.39 is 0 Å². The summed E-state index contributed by atoms with van der Waals surface area (Å²) in [7, 11) is 0. The number of aryl methyl sites for hydroxylation is 1. The molecule has 98 valence electrons. The Bertz CT molecular complexity index is 305. The Morgan fingerprint density at radius 3 is 2.53 bits per heavy atom. The fourth-order valence-corrected chi connectivity index (χ4v) is 2.41. The lowest BCUT2D eigenvalue weighted by Crippen LogP contribution is -2.08. The molecule has 2 nitrogen and oxygen atoms in total. The van der Waals surface area contributed by atoms with E-state index in [1.165, 1.54) is 25.0 Å². The van der Waals surface area contributed by atoms with Crippen molar-refractivity contribution < 1.29 is 0 Å². The Morgan fingerprint density at radius 1 is 1.24 bits per heavy atom. The zero-order valence-electron chi connectivity index (χ0n) is 11.3. The minimum absolute atomic E-state index is 0.573. The molecule has 3 heteroatoms. The number of nitrogens with zero attached hydrogens (tertiary/aromatic N) is 2. The molecular formula is C14H25BrN2. The molecule has 1 aromatic heterocycles. The highest BCUT2D eigenvalue weighted by Gasteiger charge is 2.08. The molecule has 0 amide bonds. The van der Waals surface area contributed by atoms with Gasteiger partial charge >= 0.3 is 0 Å². The van der Waals surface area contributed by atoms with Gasteiger partial charge in [0.15, 0.2) is 0 Å². The highest BCUT2D eigenvalue weighted by molar-refractivity contribution is 9.09. The molecule has 0 aliphatic heterocycles. The van der Waals surface area contributed by atoms with Crippen LogP contribution >= 0.6 is 15.9 Å². The fraction of sp³-hybridized carbons (Fsp3) is 0.786. The summed E-state index contributed by atoms with van der Waals surface area (Å²) in [5.41, 5.74) is 1.24. The quantitative estimate of drug-likeness (QED) is 0.634. The summed E-state index contributed by atoms with van der Waals surface area (Å²) < 4.78 is 2.14. The molecule has 0 aliphatic carbocycles. The van der Waals surface area contributed by atoms with Gasteiger partial charge in [0.2, 0.25) is 0 Å². The largest absolute Gasteiger partial charge is 0.269 e. The van der Waals surface area contributed by atoms with Gasteiger partial charge in [-0.05, 0) is 44.6 Å². The van der Waals surface area contributed by atoms with Crippen LogP contribution in [0.5, 0.6) is 0 Å². The Morgan fingerprint density at radius 2 is 1.94 bits per heavy atom. The van der Waals surface area contributed by atoms with Crippen molar-refractivity contribution in [1.29, 1.82) is 0 Å². The van der Waals surface area contributed by atoms with Gasteiger partial charge in [0.25, 0.3) is 0 Å². The van der Waals surface area contributed by atoms with E-state index in [9.17, 15) is 0 Å². The number of alkyl halides is 1. The van der Waals surface area contributed by atoms with Crippen LogP contribution in [-0.4, -0.2) is 14.6 Å². The van der Waals surface area contributed by atoms with Crippen LogP contribution in [0, 0.1) is 0 Å². The molecule has 1 atom stereocenters. The molecule has 0 spiro atoms. The van der Waals surface area contributed by atoms with E-state index in [4.69, 9.17) is 0 Å². The third-order valence-electron chi connectivity index (χ3n) is 3.37. The summed E-state index contributed by atoms with van der Waals surface area (Å²) in [6.45, 7) is 6.68. The highest BCUT2D eigenvalue weighted by atomic mass is 79.9. The summed E-state index contributed by atoms with van der Waals surface area (Å²) in [6.07, 6.45) is 9.25. The van der Waals surface area contributed by atoms with E-state index in [-0.39, 0.29) is 0 Å². The van der Waals surface area contributed by atoms with Crippen molar-refractivity contribution in [3.63, 3.8) is 0 Å². The second-order valence-electron chi connectivity index (χ2n) is 4.66. The maximum absolute atomic E-state index is 4.68. The molecule has 1 aromatic rings. The van der Waals surface area contributed by atoms with E-state index >= 15 is 0 Å². The number of aromatic nitrogens is 2. The molecule has 17 heavy (non-hydrogen) atoms. The van der Waals surface area contributed by atoms with Crippen LogP contribution in [-0.2, 0) is 6.42 Å². The van der Waals surface area contributed by atoms with E-state index in [1.54, 1.807) is 0 Å². The second kappa shape index (κ2) is 7.91. The third kappa shape index (κ3) is 4.82. The fourth-order valence-electron chi connectivity index (χ4n) is 2.09. The monoisotopic (exact) mass is 300 g/mol. The normalized spacial score (nSPS) is 13.2. The molecule has 1 rings (SSSR count). The van der Waals surface area contributed by atoms with Crippen LogP contribution in [0.25, 0.3) is 0 Å². The van der Waals surface area contributed by atoms with Crippen LogP contribution < -0.4 is 0 Å². The molecule has 0 aliphatic rings. The standard InChI is InChI=1S/C14H25BrN2/c1-4-12(15)8-7-9-13-10-11-17(16-13)14(5-2)6-3/h10-12,14H,4-9H2,1-3H3. The van der Waals surface area contributed by atoms with E-state index in [0.717, 1.165) is 19.3 Å². The lowest BCUT2D eigenvalue weighted by Gasteiger charge is -2.12. The maximum atomic E-state index is 4.68. The SMILES string of the molecule is CCC(Br)CCCc1ccn(C(CC)CC)n1. The van der Waals surface area contributed by atoms with Gasteiger partial charge in [0.05, 0.1) is 11.7 Å². The summed E-state index contributed by atoms with van der Waals surface area (Å²) in [4.78, 5) is 0.670. The average Bonchev–Trinajstić information content (AvgIpc) is 2.79. The van der Waals surface area contributed by atoms with Crippen molar-refractivity contribution >= 4 is 15.9 Å². The Balaban J connectivity index is 2.40. The first-order valence-electron chi connectivity index (χ1n) is 6.89. The molecule has 0 bridgehead atoms. The highest BCUT2D eigenvalue weighted by Crippen LogP contribution is 2.17. The zero-order chi connectivity index (χ0) is 12.7. The van der Waals surface area contributed by atoms with Crippen molar-refractivity contribution in [1.82, 2.24) is 9.78 Å². The Hall–Kier alpha value is -0.310. The molecule has 0 saturated heterocycles. The van der Waals surface area contributed by atoms with Crippen molar-refractivity contribution in [2.45, 2.75) is 70.2 Å². The van der Waals surface area contributed by atoms with Crippen LogP contribution in [0.2, 0.25) is 0 Å². The van der Waals surface area contributed by atoms with Gasteiger partial charge in [-0.15, -0.1) is 0 Å². The van der Waals surface area contributed by atoms with Gasteiger partial charge in [-0.1, -0.05) is 36.7 Å². The minimum Gasteiger partial charge on any atom is -0.269 e. The maximum Gasteiger partial charge on any atom is 0.0624 e. The van der Waals surface area contributed by atoms with Gasteiger partial charge in [-0.3, -0.25) is 4.68 Å². The van der Waals surface area contributed by atoms with Crippen LogP contribution in [0.4, 0.5) is 0 Å². The van der Waals surface area contributed by atoms with Gasteiger partial charge in [0.1, 0.15) is 0 Å². The number of hydrogen-bond donors (Lipinski definition) is 0. The Kier molecular flexibility index (Phi) is 6.86. The molecule has 1 unspecified atom stereocenters. The van der Waals surface area contributed by atoms with Gasteiger partial charge in [-0.25, -0.2) is 0 Å². The number of hydrogen-bond acceptors (Lipinski definition) is 1. The van der Waals surface area contributed by atoms with Gasteiger partial charge < -0.3 is 0 Å². The average molecular weight is 301 g/mol. The third-order valence-corrected chi connectivity index (χ3v) is 4.48. The van der Waals surface area contributed by atoms with Crippen LogP contribution in [0.1, 0.15) is 64.6 Å². The minimum atomic E-state index is 0.573. The smallest absolute Gasteiger partial charge is 0.0624 e. The molecule has 0 N–H and O–H groups in total. The number of rotatable bonds is 8. The summed E-state index contributed by atoms with van der Waals surface area (Å²) in [6, 6.07) is 2.75. The van der Waals surface area contributed by atoms with Crippen molar-refractivity contribution in [3.8, 4) is 0 Å². The van der Waals surface area contributed by atoms with E-state index in [0.29, 0.717) is 10.9 Å². The first kappa shape index (κ1) is 14.7. The molecular weight excluding hydrogens is 276 g/mol. The van der Waals surface area contributed by atoms with Crippen LogP contribution in [0.15, 0.2) is 12.3 Å². The molecule has 0 aromatic carbocycles. The molecule has 1 heterocycles. The lowest BCUT2D eigenvalue weighted by atomic mass is 10.1. The first-order chi connectivity index (χ1) is 8.21. The molecule has 0 saturated carbocycles. The lowest BCUT2D eigenvalue weighted by molar-refractivity contribution is 0.425. The predicted octanol–water partition coefficient (Wildman–Crippen LogP) is 4.74. The van der Waals surface area contributed by atoms with E-state index in [1.807, 2.05) is 0 Å². The van der Waals surface area contributed by atoms with Crippen LogP contribution in [0.3, 0.4) is 0 Å². The van der Waals surface area contributed by atoms with Gasteiger partial charge in [0, 0.05) is 11.0 Å². The first-order valence-corrected chi connectivity index (χ1v) is 7.80. The molecule has 0 fully saturated rings. The summed E-state index contributed by atoms with van der Waals surface area (Å²) >= 11 is 3.68. The molecule has 0 radical (unpaired) electrons. The predicted molar refractivity (Wildman–Crippen MR) is 77.8 cm³/mol. The second-order valence-corrected chi connectivity index (χ2v) is 5.95. The van der Waals surface area contributed by atoms with E-state index in [2.05, 4.69) is 58.7 Å². The summed E-state index contributed by atoms with van der Waals surface area (Å²) in [5.74, 6) is 0. The topological polar surface area (TPSA) is 17.8 Å². The zero-order valence-corrected chi connectivity index (χ0v) is 12.9. The Labute approximate surface area is 114 Å². The van der Waals surface area contributed by atoms with Crippen molar-refractivity contribution in [2.75, 3.05) is 0 Å². The van der Waals surface area contributed by atoms with Gasteiger partial charge in [-0.2, -0.15) is 5.10 Å². The van der Waals surface area contributed by atoms with Crippen molar-refractivity contribution in [3.05, 3.63) is 18.0 Å². The number of halogens is 1. The van der Waals surface area contributed by atoms with Crippen molar-refractivity contribution in [2.24, 2.45) is 0 Å².